The summed E-state index contributed by atoms with van der Waals surface area (Å²) >= 11 is 0. The Morgan fingerprint density at radius 1 is 1.50 bits per heavy atom. The fourth-order valence-corrected chi connectivity index (χ4v) is 1.93. The molecule has 1 aliphatic rings. The van der Waals surface area contributed by atoms with E-state index in [0.717, 1.165) is 25.7 Å². The fourth-order valence-electron chi connectivity index (χ4n) is 1.93. The van der Waals surface area contributed by atoms with Gasteiger partial charge in [-0.3, -0.25) is 4.79 Å². The van der Waals surface area contributed by atoms with Gasteiger partial charge in [-0.15, -0.1) is 0 Å². The first kappa shape index (κ1) is 13.5. The Balaban J connectivity index is 2.49. The zero-order chi connectivity index (χ0) is 12.4. The molecule has 0 aromatic heterocycles. The van der Waals surface area contributed by atoms with Crippen LogP contribution in [0.2, 0.25) is 0 Å². The lowest BCUT2D eigenvalue weighted by Crippen LogP contribution is -2.31. The molecule has 0 spiro atoms. The molecule has 3 heteroatoms. The predicted molar refractivity (Wildman–Crippen MR) is 63.0 cm³/mol. The summed E-state index contributed by atoms with van der Waals surface area (Å²) in [6.07, 6.45) is 3.54. The molecule has 1 saturated carbocycles. The summed E-state index contributed by atoms with van der Waals surface area (Å²) in [4.78, 5) is 11.8. The van der Waals surface area contributed by atoms with Crippen LogP contribution in [0.5, 0.6) is 0 Å². The van der Waals surface area contributed by atoms with Gasteiger partial charge in [-0.05, 0) is 39.5 Å². The third-order valence-corrected chi connectivity index (χ3v) is 3.91. The van der Waals surface area contributed by atoms with Crippen molar-refractivity contribution >= 4 is 5.97 Å². The Bertz CT molecular complexity index is 260. The summed E-state index contributed by atoms with van der Waals surface area (Å²) in [5.74, 6) is -0.139. The van der Waals surface area contributed by atoms with E-state index in [4.69, 9.17) is 4.74 Å². The molecule has 1 rings (SSSR count). The lowest BCUT2D eigenvalue weighted by molar-refractivity contribution is -0.160. The molecule has 16 heavy (non-hydrogen) atoms. The normalized spacial score (nSPS) is 30.4. The van der Waals surface area contributed by atoms with E-state index in [9.17, 15) is 9.90 Å². The molecule has 0 saturated heterocycles. The molecule has 1 fully saturated rings. The third-order valence-electron chi connectivity index (χ3n) is 3.91. The molecule has 0 bridgehead atoms. The van der Waals surface area contributed by atoms with E-state index in [0.29, 0.717) is 6.42 Å². The van der Waals surface area contributed by atoms with Crippen LogP contribution in [-0.2, 0) is 9.53 Å². The van der Waals surface area contributed by atoms with Crippen molar-refractivity contribution in [3.05, 3.63) is 0 Å². The third kappa shape index (κ3) is 2.97. The van der Waals surface area contributed by atoms with Crippen molar-refractivity contribution in [2.24, 2.45) is 5.41 Å². The zero-order valence-corrected chi connectivity index (χ0v) is 10.9. The van der Waals surface area contributed by atoms with Crippen molar-refractivity contribution in [3.63, 3.8) is 0 Å². The van der Waals surface area contributed by atoms with Crippen molar-refractivity contribution in [2.45, 2.75) is 71.5 Å². The highest BCUT2D eigenvalue weighted by molar-refractivity contribution is 5.76. The van der Waals surface area contributed by atoms with Gasteiger partial charge in [-0.1, -0.05) is 13.8 Å². The number of aliphatic hydroxyl groups is 1. The molecule has 1 aliphatic carbocycles. The van der Waals surface area contributed by atoms with Gasteiger partial charge in [0.2, 0.25) is 0 Å². The number of carbonyl (C=O) groups excluding carboxylic acids is 1. The molecule has 0 radical (unpaired) electrons. The van der Waals surface area contributed by atoms with E-state index in [-0.39, 0.29) is 12.1 Å². The molecule has 2 atom stereocenters. The second-order valence-corrected chi connectivity index (χ2v) is 5.59. The Morgan fingerprint density at radius 2 is 2.12 bits per heavy atom. The van der Waals surface area contributed by atoms with Crippen LogP contribution in [0.25, 0.3) is 0 Å². The van der Waals surface area contributed by atoms with Crippen LogP contribution >= 0.6 is 0 Å². The smallest absolute Gasteiger partial charge is 0.311 e. The quantitative estimate of drug-likeness (QED) is 0.752. The zero-order valence-electron chi connectivity index (χ0n) is 10.9. The van der Waals surface area contributed by atoms with Gasteiger partial charge >= 0.3 is 5.97 Å². The summed E-state index contributed by atoms with van der Waals surface area (Å²) in [5.41, 5.74) is -1.02. The first-order valence-electron chi connectivity index (χ1n) is 6.26. The van der Waals surface area contributed by atoms with Crippen molar-refractivity contribution in [1.82, 2.24) is 0 Å². The summed E-state index contributed by atoms with van der Waals surface area (Å²) in [7, 11) is 0. The van der Waals surface area contributed by atoms with Gasteiger partial charge in [0.05, 0.1) is 11.0 Å². The molecule has 3 nitrogen and oxygen atoms in total. The summed E-state index contributed by atoms with van der Waals surface area (Å²) in [5, 5.41) is 10.1. The molecule has 2 unspecified atom stereocenters. The van der Waals surface area contributed by atoms with Gasteiger partial charge in [0, 0.05) is 6.42 Å². The van der Waals surface area contributed by atoms with E-state index >= 15 is 0 Å². The Hall–Kier alpha value is -0.570. The maximum atomic E-state index is 11.8. The molecule has 1 N–H and O–H groups in total. The maximum absolute atomic E-state index is 11.8. The lowest BCUT2D eigenvalue weighted by Gasteiger charge is -2.24. The fraction of sp³-hybridized carbons (Fsp3) is 0.923. The highest BCUT2D eigenvalue weighted by atomic mass is 16.5. The van der Waals surface area contributed by atoms with E-state index in [2.05, 4.69) is 0 Å². The lowest BCUT2D eigenvalue weighted by atomic mass is 9.90. The van der Waals surface area contributed by atoms with Crippen molar-refractivity contribution in [1.29, 1.82) is 0 Å². The highest BCUT2D eigenvalue weighted by Crippen LogP contribution is 2.35. The maximum Gasteiger partial charge on any atom is 0.311 e. The molecule has 0 aromatic carbocycles. The minimum atomic E-state index is -0.610. The summed E-state index contributed by atoms with van der Waals surface area (Å²) in [6, 6.07) is 0. The van der Waals surface area contributed by atoms with Crippen LogP contribution in [-0.4, -0.2) is 22.8 Å². The van der Waals surface area contributed by atoms with Crippen molar-refractivity contribution in [2.75, 3.05) is 0 Å². The second-order valence-electron chi connectivity index (χ2n) is 5.59. The van der Waals surface area contributed by atoms with Gasteiger partial charge in [0.15, 0.2) is 0 Å². The second kappa shape index (κ2) is 4.74. The number of ether oxygens (including phenoxy) is 1. The molecular formula is C13H24O3. The van der Waals surface area contributed by atoms with Gasteiger partial charge in [0.1, 0.15) is 6.10 Å². The number of rotatable bonds is 4. The van der Waals surface area contributed by atoms with Gasteiger partial charge in [0.25, 0.3) is 0 Å². The number of hydrogen-bond acceptors (Lipinski definition) is 3. The van der Waals surface area contributed by atoms with Crippen molar-refractivity contribution < 1.29 is 14.6 Å². The Morgan fingerprint density at radius 3 is 2.56 bits per heavy atom. The Labute approximate surface area is 98.2 Å². The molecular weight excluding hydrogens is 204 g/mol. The Kier molecular flexibility index (Phi) is 4.00. The van der Waals surface area contributed by atoms with Crippen molar-refractivity contribution in [3.8, 4) is 0 Å². The van der Waals surface area contributed by atoms with Crippen LogP contribution in [0.3, 0.4) is 0 Å². The predicted octanol–water partition coefficient (Wildman–Crippen LogP) is 2.66. The molecule has 0 heterocycles. The van der Waals surface area contributed by atoms with Crippen LogP contribution < -0.4 is 0 Å². The van der Waals surface area contributed by atoms with Crippen LogP contribution in [0.1, 0.15) is 59.8 Å². The van der Waals surface area contributed by atoms with E-state index < -0.39 is 11.0 Å². The SMILES string of the molecule is CCC1(O)CCC(OC(=O)C(C)(C)CC)C1. The molecule has 0 amide bonds. The minimum absolute atomic E-state index is 0.0942. The van der Waals surface area contributed by atoms with E-state index in [1.165, 1.54) is 0 Å². The first-order chi connectivity index (χ1) is 7.33. The monoisotopic (exact) mass is 228 g/mol. The molecule has 0 aliphatic heterocycles. The molecule has 94 valence electrons. The van der Waals surface area contributed by atoms with Crippen LogP contribution in [0.4, 0.5) is 0 Å². The highest BCUT2D eigenvalue weighted by Gasteiger charge is 2.39. The minimum Gasteiger partial charge on any atom is -0.462 e. The number of carbonyl (C=O) groups is 1. The van der Waals surface area contributed by atoms with Gasteiger partial charge in [-0.25, -0.2) is 0 Å². The molecule has 0 aromatic rings. The number of hydrogen-bond donors (Lipinski definition) is 1. The largest absolute Gasteiger partial charge is 0.462 e. The van der Waals surface area contributed by atoms with Crippen LogP contribution in [0, 0.1) is 5.41 Å². The van der Waals surface area contributed by atoms with E-state index in [1.807, 2.05) is 27.7 Å². The van der Waals surface area contributed by atoms with E-state index in [1.54, 1.807) is 0 Å². The van der Waals surface area contributed by atoms with Gasteiger partial charge < -0.3 is 9.84 Å². The average Bonchev–Trinajstić information content (AvgIpc) is 2.61. The summed E-state index contributed by atoms with van der Waals surface area (Å²) in [6.45, 7) is 7.76. The standard InChI is InChI=1S/C13H24O3/c1-5-12(3,4)11(14)16-10-7-8-13(15,6-2)9-10/h10,15H,5-9H2,1-4H3. The number of esters is 1. The average molecular weight is 228 g/mol. The van der Waals surface area contributed by atoms with Crippen LogP contribution in [0.15, 0.2) is 0 Å². The van der Waals surface area contributed by atoms with Gasteiger partial charge in [-0.2, -0.15) is 0 Å². The summed E-state index contributed by atoms with van der Waals surface area (Å²) < 4.78 is 5.47. The first-order valence-corrected chi connectivity index (χ1v) is 6.26. The topological polar surface area (TPSA) is 46.5 Å².